The van der Waals surface area contributed by atoms with Gasteiger partial charge in [-0.05, 0) is 67.7 Å². The second kappa shape index (κ2) is 7.16. The lowest BCUT2D eigenvalue weighted by Crippen LogP contribution is -2.54. The van der Waals surface area contributed by atoms with Gasteiger partial charge in [0.1, 0.15) is 11.0 Å². The summed E-state index contributed by atoms with van der Waals surface area (Å²) in [6, 6.07) is 3.60. The van der Waals surface area contributed by atoms with Crippen molar-refractivity contribution in [3.63, 3.8) is 0 Å². The van der Waals surface area contributed by atoms with Crippen molar-refractivity contribution in [1.82, 2.24) is 0 Å². The number of oxime groups is 1. The van der Waals surface area contributed by atoms with E-state index < -0.39 is 0 Å². The lowest BCUT2D eigenvalue weighted by atomic mass is 9.45. The highest BCUT2D eigenvalue weighted by Gasteiger charge is 2.57. The molecule has 5 rings (SSSR count). The number of rotatable bonds is 2. The molecule has 0 radical (unpaired) electrons. The molecule has 0 unspecified atom stereocenters. The molecular formula is C25H29NO4S. The molecule has 1 aromatic heterocycles. The number of carbonyl (C=O) groups is 2. The van der Waals surface area contributed by atoms with Crippen molar-refractivity contribution in [1.29, 1.82) is 0 Å². The summed E-state index contributed by atoms with van der Waals surface area (Å²) >= 11 is 1.37. The molecule has 5 nitrogen and oxygen atoms in total. The average molecular weight is 440 g/mol. The molecule has 6 heteroatoms. The molecule has 164 valence electrons. The molecule has 2 saturated carbocycles. The molecule has 0 saturated heterocycles. The predicted molar refractivity (Wildman–Crippen MR) is 120 cm³/mol. The van der Waals surface area contributed by atoms with E-state index in [4.69, 9.17) is 9.57 Å². The van der Waals surface area contributed by atoms with Crippen molar-refractivity contribution in [3.8, 4) is 0 Å². The summed E-state index contributed by atoms with van der Waals surface area (Å²) in [7, 11) is 0. The number of hydrogen-bond donors (Lipinski definition) is 0. The summed E-state index contributed by atoms with van der Waals surface area (Å²) in [5.74, 6) is 0.292. The van der Waals surface area contributed by atoms with E-state index in [1.807, 2.05) is 18.4 Å². The van der Waals surface area contributed by atoms with Gasteiger partial charge in [0.05, 0.1) is 5.71 Å². The van der Waals surface area contributed by atoms with Gasteiger partial charge in [-0.2, -0.15) is 0 Å². The third-order valence-corrected chi connectivity index (χ3v) is 9.21. The van der Waals surface area contributed by atoms with Crippen LogP contribution >= 0.6 is 11.3 Å². The first kappa shape index (κ1) is 20.7. The minimum atomic E-state index is -0.384. The van der Waals surface area contributed by atoms with Crippen LogP contribution in [0.15, 0.2) is 45.5 Å². The van der Waals surface area contributed by atoms with E-state index in [2.05, 4.69) is 32.0 Å². The molecule has 1 aliphatic heterocycles. The fraction of sp³-hybridized carbons (Fsp3) is 0.560. The maximum atomic E-state index is 12.3. The van der Waals surface area contributed by atoms with Crippen LogP contribution in [0.4, 0.5) is 0 Å². The van der Waals surface area contributed by atoms with Crippen molar-refractivity contribution < 1.29 is 19.2 Å². The van der Waals surface area contributed by atoms with Gasteiger partial charge in [-0.3, -0.25) is 0 Å². The topological polar surface area (TPSA) is 65.0 Å². The summed E-state index contributed by atoms with van der Waals surface area (Å²) < 4.78 is 5.69. The number of esters is 1. The summed E-state index contributed by atoms with van der Waals surface area (Å²) in [5, 5.41) is 6.24. The number of ether oxygens (including phenoxy) is 1. The maximum Gasteiger partial charge on any atom is 0.375 e. The second-order valence-electron chi connectivity index (χ2n) is 10.2. The third kappa shape index (κ3) is 3.13. The molecule has 2 heterocycles. The van der Waals surface area contributed by atoms with E-state index in [1.165, 1.54) is 16.9 Å². The zero-order chi connectivity index (χ0) is 22.0. The minimum absolute atomic E-state index is 0.0956. The van der Waals surface area contributed by atoms with Crippen LogP contribution < -0.4 is 0 Å². The highest BCUT2D eigenvalue weighted by atomic mass is 32.1. The first-order chi connectivity index (χ1) is 14.7. The summed E-state index contributed by atoms with van der Waals surface area (Å²) in [5.41, 5.74) is 4.27. The second-order valence-corrected chi connectivity index (χ2v) is 11.1. The van der Waals surface area contributed by atoms with E-state index in [0.29, 0.717) is 16.7 Å². The maximum absolute atomic E-state index is 12.3. The van der Waals surface area contributed by atoms with E-state index in [0.717, 1.165) is 49.0 Å². The number of allylic oxidation sites excluding steroid dienone is 1. The standard InChI is InChI=1S/C25H29NO4S/c1-14-16-12-15-7-8-20-24(2,3)21(26-30-23(28)19-6-5-11-31-19)9-10-25(20,4)17(15)13-18(16)29-22(14)27/h5-6,11-12,17-18,20H,7-10,13H2,1-4H3/b26-21+/t17-,18-,20-,25+/m1/s1. The quantitative estimate of drug-likeness (QED) is 0.338. The molecule has 1 aromatic rings. The molecule has 0 N–H and O–H groups in total. The van der Waals surface area contributed by atoms with Gasteiger partial charge < -0.3 is 9.57 Å². The molecule has 0 bridgehead atoms. The van der Waals surface area contributed by atoms with Crippen molar-refractivity contribution in [2.24, 2.45) is 27.8 Å². The Kier molecular flexibility index (Phi) is 4.77. The van der Waals surface area contributed by atoms with Gasteiger partial charge in [0.2, 0.25) is 0 Å². The van der Waals surface area contributed by atoms with Crippen molar-refractivity contribution in [2.75, 3.05) is 0 Å². The molecule has 3 aliphatic carbocycles. The van der Waals surface area contributed by atoms with Gasteiger partial charge in [0.15, 0.2) is 0 Å². The Bertz CT molecular complexity index is 1030. The monoisotopic (exact) mass is 439 g/mol. The SMILES string of the molecule is CC1=C2C=C3CC[C@@H]4C(C)(C)/C(=N/OC(=O)c5cccs5)CC[C@@]4(C)[C@@H]3C[C@H]2OC1=O. The summed E-state index contributed by atoms with van der Waals surface area (Å²) in [6.07, 6.45) is 6.98. The van der Waals surface area contributed by atoms with Crippen LogP contribution in [0.2, 0.25) is 0 Å². The van der Waals surface area contributed by atoms with Crippen LogP contribution in [-0.2, 0) is 14.4 Å². The molecule has 4 atom stereocenters. The number of fused-ring (bicyclic) bond motifs is 4. The fourth-order valence-electron chi connectivity index (χ4n) is 6.65. The number of hydrogen-bond acceptors (Lipinski definition) is 6. The van der Waals surface area contributed by atoms with Crippen LogP contribution in [0.5, 0.6) is 0 Å². The smallest absolute Gasteiger partial charge is 0.375 e. The van der Waals surface area contributed by atoms with Crippen LogP contribution in [-0.4, -0.2) is 23.8 Å². The minimum Gasteiger partial charge on any atom is -0.454 e. The molecule has 0 spiro atoms. The van der Waals surface area contributed by atoms with Gasteiger partial charge in [0.25, 0.3) is 0 Å². The molecular weight excluding hydrogens is 410 g/mol. The lowest BCUT2D eigenvalue weighted by molar-refractivity contribution is -0.141. The molecule has 31 heavy (non-hydrogen) atoms. The number of carbonyl (C=O) groups excluding carboxylic acids is 2. The highest BCUT2D eigenvalue weighted by molar-refractivity contribution is 7.11. The summed E-state index contributed by atoms with van der Waals surface area (Å²) in [6.45, 7) is 8.78. The third-order valence-electron chi connectivity index (χ3n) is 8.36. The Morgan fingerprint density at radius 3 is 2.84 bits per heavy atom. The molecule has 0 amide bonds. The van der Waals surface area contributed by atoms with E-state index in [9.17, 15) is 9.59 Å². The normalized spacial score (nSPS) is 35.1. The first-order valence-electron chi connectivity index (χ1n) is 11.2. The molecule has 2 fully saturated rings. The van der Waals surface area contributed by atoms with E-state index in [-0.39, 0.29) is 28.9 Å². The predicted octanol–water partition coefficient (Wildman–Crippen LogP) is 5.69. The molecule has 4 aliphatic rings. The Morgan fingerprint density at radius 2 is 2.10 bits per heavy atom. The van der Waals surface area contributed by atoms with Gasteiger partial charge in [-0.1, -0.05) is 43.6 Å². The van der Waals surface area contributed by atoms with Crippen molar-refractivity contribution in [3.05, 3.63) is 45.2 Å². The Labute approximate surface area is 187 Å². The number of thiophene rings is 1. The van der Waals surface area contributed by atoms with Crippen LogP contribution in [0, 0.1) is 22.7 Å². The van der Waals surface area contributed by atoms with Crippen LogP contribution in [0.1, 0.15) is 69.5 Å². The first-order valence-corrected chi connectivity index (χ1v) is 12.0. The van der Waals surface area contributed by atoms with Gasteiger partial charge in [-0.25, -0.2) is 9.59 Å². The van der Waals surface area contributed by atoms with E-state index >= 15 is 0 Å². The van der Waals surface area contributed by atoms with Gasteiger partial charge >= 0.3 is 11.9 Å². The average Bonchev–Trinajstić information content (AvgIpc) is 3.35. The van der Waals surface area contributed by atoms with Crippen molar-refractivity contribution >= 4 is 29.0 Å². The fourth-order valence-corrected chi connectivity index (χ4v) is 7.24. The lowest BCUT2D eigenvalue weighted by Gasteiger charge is -2.59. The van der Waals surface area contributed by atoms with E-state index in [1.54, 1.807) is 6.07 Å². The zero-order valence-electron chi connectivity index (χ0n) is 18.6. The highest BCUT2D eigenvalue weighted by Crippen LogP contribution is 2.62. The van der Waals surface area contributed by atoms with Crippen LogP contribution in [0.3, 0.4) is 0 Å². The Balaban J connectivity index is 1.40. The van der Waals surface area contributed by atoms with Crippen molar-refractivity contribution in [2.45, 2.75) is 65.9 Å². The summed E-state index contributed by atoms with van der Waals surface area (Å²) in [4.78, 5) is 30.3. The van der Waals surface area contributed by atoms with Crippen LogP contribution in [0.25, 0.3) is 0 Å². The zero-order valence-corrected chi connectivity index (χ0v) is 19.4. The Morgan fingerprint density at radius 1 is 1.29 bits per heavy atom. The van der Waals surface area contributed by atoms with Gasteiger partial charge in [-0.15, -0.1) is 11.3 Å². The number of nitrogens with zero attached hydrogens (tertiary/aromatic N) is 1. The molecule has 0 aromatic carbocycles. The van der Waals surface area contributed by atoms with Gasteiger partial charge in [0, 0.05) is 16.6 Å². The largest absolute Gasteiger partial charge is 0.454 e. The Hall–Kier alpha value is -2.21.